The van der Waals surface area contributed by atoms with Crippen LogP contribution in [0.25, 0.3) is 0 Å². The van der Waals surface area contributed by atoms with E-state index in [1.807, 2.05) is 18.2 Å². The highest BCUT2D eigenvalue weighted by atomic mass is 16.5. The summed E-state index contributed by atoms with van der Waals surface area (Å²) in [4.78, 5) is 26.0. The quantitative estimate of drug-likeness (QED) is 0.920. The number of hydrogen-bond donors (Lipinski definition) is 1. The number of ether oxygens (including phenoxy) is 1. The molecule has 5 heteroatoms. The minimum Gasteiger partial charge on any atom is -0.378 e. The SMILES string of the molecule is O=C(C[C@@H]1CCCO1)NCC(=O)N1CCCc2ccccc21. The van der Waals surface area contributed by atoms with Gasteiger partial charge in [0, 0.05) is 18.8 Å². The summed E-state index contributed by atoms with van der Waals surface area (Å²) in [6, 6.07) is 7.97. The zero-order valence-electron chi connectivity index (χ0n) is 12.7. The van der Waals surface area contributed by atoms with Crippen LogP contribution in [0.15, 0.2) is 24.3 Å². The fourth-order valence-electron chi connectivity index (χ4n) is 3.15. The molecule has 0 aromatic heterocycles. The Morgan fingerprint density at radius 1 is 1.27 bits per heavy atom. The molecule has 5 nitrogen and oxygen atoms in total. The number of fused-ring (bicyclic) bond motifs is 1. The van der Waals surface area contributed by atoms with Gasteiger partial charge in [-0.15, -0.1) is 0 Å². The smallest absolute Gasteiger partial charge is 0.246 e. The molecule has 2 aliphatic heterocycles. The monoisotopic (exact) mass is 302 g/mol. The van der Waals surface area contributed by atoms with Gasteiger partial charge in [-0.2, -0.15) is 0 Å². The molecule has 1 fully saturated rings. The molecule has 3 rings (SSSR count). The van der Waals surface area contributed by atoms with Gasteiger partial charge < -0.3 is 15.0 Å². The topological polar surface area (TPSA) is 58.6 Å². The van der Waals surface area contributed by atoms with E-state index in [0.29, 0.717) is 6.42 Å². The number of carbonyl (C=O) groups excluding carboxylic acids is 2. The van der Waals surface area contributed by atoms with Crippen LogP contribution in [0.1, 0.15) is 31.2 Å². The minimum absolute atomic E-state index is 0.0193. The summed E-state index contributed by atoms with van der Waals surface area (Å²) in [6.07, 6.45) is 4.29. The van der Waals surface area contributed by atoms with Crippen molar-refractivity contribution in [2.24, 2.45) is 0 Å². The number of nitrogens with zero attached hydrogens (tertiary/aromatic N) is 1. The van der Waals surface area contributed by atoms with E-state index in [0.717, 1.165) is 44.5 Å². The normalized spacial score (nSPS) is 20.5. The summed E-state index contributed by atoms with van der Waals surface area (Å²) >= 11 is 0. The third kappa shape index (κ3) is 3.47. The van der Waals surface area contributed by atoms with Crippen molar-refractivity contribution in [3.63, 3.8) is 0 Å². The number of hydrogen-bond acceptors (Lipinski definition) is 3. The highest BCUT2D eigenvalue weighted by Gasteiger charge is 2.23. The fraction of sp³-hybridized carbons (Fsp3) is 0.529. The predicted molar refractivity (Wildman–Crippen MR) is 83.7 cm³/mol. The zero-order chi connectivity index (χ0) is 15.4. The number of aryl methyl sites for hydroxylation is 1. The molecule has 0 bridgehead atoms. The van der Waals surface area contributed by atoms with E-state index in [9.17, 15) is 9.59 Å². The molecule has 2 amide bonds. The van der Waals surface area contributed by atoms with Crippen LogP contribution >= 0.6 is 0 Å². The standard InChI is InChI=1S/C17H22N2O3/c20-16(11-14-7-4-10-22-14)18-12-17(21)19-9-3-6-13-5-1-2-8-15(13)19/h1-2,5,8,14H,3-4,6-7,9-12H2,(H,18,20)/t14-/m0/s1. The third-order valence-electron chi connectivity index (χ3n) is 4.29. The van der Waals surface area contributed by atoms with E-state index in [-0.39, 0.29) is 24.5 Å². The first kappa shape index (κ1) is 15.0. The van der Waals surface area contributed by atoms with Gasteiger partial charge in [0.1, 0.15) is 0 Å². The number of carbonyl (C=O) groups is 2. The number of nitrogens with one attached hydrogen (secondary N) is 1. The summed E-state index contributed by atoms with van der Waals surface area (Å²) in [7, 11) is 0. The Morgan fingerprint density at radius 3 is 2.95 bits per heavy atom. The van der Waals surface area contributed by atoms with Crippen molar-refractivity contribution in [3.05, 3.63) is 29.8 Å². The summed E-state index contributed by atoms with van der Waals surface area (Å²) in [5, 5.41) is 2.73. The van der Waals surface area contributed by atoms with Crippen LogP contribution < -0.4 is 10.2 Å². The first-order valence-corrected chi connectivity index (χ1v) is 8.00. The first-order valence-electron chi connectivity index (χ1n) is 8.00. The van der Waals surface area contributed by atoms with E-state index < -0.39 is 0 Å². The molecule has 2 aliphatic rings. The lowest BCUT2D eigenvalue weighted by atomic mass is 10.0. The van der Waals surface area contributed by atoms with Crippen LogP contribution in [0.4, 0.5) is 5.69 Å². The summed E-state index contributed by atoms with van der Waals surface area (Å²) < 4.78 is 5.44. The lowest BCUT2D eigenvalue weighted by molar-refractivity contribution is -0.126. The van der Waals surface area contributed by atoms with Crippen LogP contribution in [0.5, 0.6) is 0 Å². The van der Waals surface area contributed by atoms with Crippen molar-refractivity contribution in [1.82, 2.24) is 5.32 Å². The molecule has 1 atom stereocenters. The van der Waals surface area contributed by atoms with Crippen molar-refractivity contribution in [2.45, 2.75) is 38.2 Å². The molecule has 22 heavy (non-hydrogen) atoms. The second kappa shape index (κ2) is 6.92. The van der Waals surface area contributed by atoms with Gasteiger partial charge in [-0.1, -0.05) is 18.2 Å². The second-order valence-electron chi connectivity index (χ2n) is 5.89. The van der Waals surface area contributed by atoms with Crippen LogP contribution in [0, 0.1) is 0 Å². The second-order valence-corrected chi connectivity index (χ2v) is 5.89. The lowest BCUT2D eigenvalue weighted by Gasteiger charge is -2.29. The first-order chi connectivity index (χ1) is 10.7. The highest BCUT2D eigenvalue weighted by molar-refractivity contribution is 5.97. The Balaban J connectivity index is 1.53. The molecule has 0 radical (unpaired) electrons. The van der Waals surface area contributed by atoms with Crippen molar-refractivity contribution in [1.29, 1.82) is 0 Å². The minimum atomic E-state index is -0.106. The van der Waals surface area contributed by atoms with Gasteiger partial charge in [0.25, 0.3) is 0 Å². The average molecular weight is 302 g/mol. The Labute approximate surface area is 130 Å². The summed E-state index contributed by atoms with van der Waals surface area (Å²) in [6.45, 7) is 1.51. The Hall–Kier alpha value is -1.88. The molecule has 2 heterocycles. The maximum absolute atomic E-state index is 12.4. The maximum Gasteiger partial charge on any atom is 0.246 e. The van der Waals surface area contributed by atoms with Gasteiger partial charge in [-0.3, -0.25) is 9.59 Å². The van der Waals surface area contributed by atoms with E-state index in [1.54, 1.807) is 4.90 Å². The van der Waals surface area contributed by atoms with Crippen molar-refractivity contribution in [2.75, 3.05) is 24.6 Å². The van der Waals surface area contributed by atoms with E-state index >= 15 is 0 Å². The number of rotatable bonds is 4. The summed E-state index contributed by atoms with van der Waals surface area (Å²) in [5.74, 6) is -0.154. The number of benzene rings is 1. The van der Waals surface area contributed by atoms with Crippen molar-refractivity contribution >= 4 is 17.5 Å². The van der Waals surface area contributed by atoms with Gasteiger partial charge in [0.2, 0.25) is 11.8 Å². The predicted octanol–water partition coefficient (Wildman–Crippen LogP) is 1.65. The van der Waals surface area contributed by atoms with Gasteiger partial charge >= 0.3 is 0 Å². The molecule has 1 saturated heterocycles. The molecule has 1 aromatic rings. The van der Waals surface area contributed by atoms with Gasteiger partial charge in [-0.25, -0.2) is 0 Å². The summed E-state index contributed by atoms with van der Waals surface area (Å²) in [5.41, 5.74) is 2.18. The van der Waals surface area contributed by atoms with Crippen molar-refractivity contribution in [3.8, 4) is 0 Å². The number of amides is 2. The lowest BCUT2D eigenvalue weighted by Crippen LogP contribution is -2.43. The Kier molecular flexibility index (Phi) is 4.73. The largest absolute Gasteiger partial charge is 0.378 e. The maximum atomic E-state index is 12.4. The number of anilines is 1. The molecular weight excluding hydrogens is 280 g/mol. The molecule has 1 N–H and O–H groups in total. The molecule has 1 aromatic carbocycles. The number of para-hydroxylation sites is 1. The zero-order valence-corrected chi connectivity index (χ0v) is 12.7. The van der Waals surface area contributed by atoms with Gasteiger partial charge in [0.05, 0.1) is 19.1 Å². The van der Waals surface area contributed by atoms with Gasteiger partial charge in [-0.05, 0) is 37.3 Å². The van der Waals surface area contributed by atoms with Crippen molar-refractivity contribution < 1.29 is 14.3 Å². The van der Waals surface area contributed by atoms with Gasteiger partial charge in [0.15, 0.2) is 0 Å². The van der Waals surface area contributed by atoms with Crippen LogP contribution in [-0.4, -0.2) is 37.6 Å². The van der Waals surface area contributed by atoms with E-state index in [1.165, 1.54) is 5.56 Å². The van der Waals surface area contributed by atoms with E-state index in [4.69, 9.17) is 4.74 Å². The Bertz CT molecular complexity index is 553. The molecule has 0 unspecified atom stereocenters. The molecule has 118 valence electrons. The average Bonchev–Trinajstić information content (AvgIpc) is 3.05. The molecule has 0 aliphatic carbocycles. The van der Waals surface area contributed by atoms with Crippen LogP contribution in [-0.2, 0) is 20.7 Å². The molecule has 0 saturated carbocycles. The highest BCUT2D eigenvalue weighted by Crippen LogP contribution is 2.26. The Morgan fingerprint density at radius 2 is 2.14 bits per heavy atom. The molecular formula is C17H22N2O3. The van der Waals surface area contributed by atoms with Crippen LogP contribution in [0.3, 0.4) is 0 Å². The fourth-order valence-corrected chi connectivity index (χ4v) is 3.15. The third-order valence-corrected chi connectivity index (χ3v) is 4.29. The molecule has 0 spiro atoms. The van der Waals surface area contributed by atoms with Crippen LogP contribution in [0.2, 0.25) is 0 Å². The van der Waals surface area contributed by atoms with E-state index in [2.05, 4.69) is 11.4 Å².